The van der Waals surface area contributed by atoms with Crippen molar-refractivity contribution in [1.29, 1.82) is 5.26 Å². The average Bonchev–Trinajstić information content (AvgIpc) is 2.32. The van der Waals surface area contributed by atoms with Gasteiger partial charge in [0, 0.05) is 12.5 Å². The lowest BCUT2D eigenvalue weighted by Gasteiger charge is -2.15. The van der Waals surface area contributed by atoms with Gasteiger partial charge in [-0.1, -0.05) is 37.6 Å². The van der Waals surface area contributed by atoms with Crippen LogP contribution in [0.5, 0.6) is 0 Å². The lowest BCUT2D eigenvalue weighted by Crippen LogP contribution is -2.16. The molecule has 1 aromatic rings. The lowest BCUT2D eigenvalue weighted by molar-refractivity contribution is 0.557. The van der Waals surface area contributed by atoms with E-state index in [9.17, 15) is 0 Å². The van der Waals surface area contributed by atoms with Gasteiger partial charge in [0.25, 0.3) is 0 Å². The fraction of sp³-hybridized carbons (Fsp3) is 0.500. The van der Waals surface area contributed by atoms with Crippen LogP contribution < -0.4 is 5.32 Å². The second kappa shape index (κ2) is 7.03. The summed E-state index contributed by atoms with van der Waals surface area (Å²) in [5, 5.41) is 11.8. The number of aryl methyl sites for hydroxylation is 1. The first-order chi connectivity index (χ1) is 7.81. The molecule has 1 N–H and O–H groups in total. The minimum absolute atomic E-state index is 0.301. The van der Waals surface area contributed by atoms with Gasteiger partial charge in [0.2, 0.25) is 0 Å². The molecule has 2 nitrogen and oxygen atoms in total. The molecule has 16 heavy (non-hydrogen) atoms. The van der Waals surface area contributed by atoms with Gasteiger partial charge in [-0.05, 0) is 31.0 Å². The Morgan fingerprint density at radius 3 is 2.50 bits per heavy atom. The van der Waals surface area contributed by atoms with E-state index in [0.717, 1.165) is 12.8 Å². The maximum atomic E-state index is 8.59. The van der Waals surface area contributed by atoms with Gasteiger partial charge >= 0.3 is 0 Å². The minimum Gasteiger partial charge on any atom is -0.313 e. The molecule has 0 aromatic heterocycles. The third-order valence-electron chi connectivity index (χ3n) is 2.81. The van der Waals surface area contributed by atoms with E-state index < -0.39 is 0 Å². The van der Waals surface area contributed by atoms with Gasteiger partial charge in [-0.15, -0.1) is 0 Å². The summed E-state index contributed by atoms with van der Waals surface area (Å²) in [6.07, 6.45) is 3.80. The smallest absolute Gasteiger partial charge is 0.0622 e. The average molecular weight is 216 g/mol. The Kier molecular flexibility index (Phi) is 5.60. The molecule has 1 atom stereocenters. The lowest BCUT2D eigenvalue weighted by atomic mass is 10.00. The molecule has 0 aliphatic heterocycles. The Bertz CT molecular complexity index is 335. The van der Waals surface area contributed by atoms with E-state index in [1.54, 1.807) is 0 Å². The molecule has 1 aromatic carbocycles. The van der Waals surface area contributed by atoms with Gasteiger partial charge in [0.05, 0.1) is 6.07 Å². The van der Waals surface area contributed by atoms with Crippen molar-refractivity contribution in [2.45, 2.75) is 38.6 Å². The summed E-state index contributed by atoms with van der Waals surface area (Å²) in [6.45, 7) is 2.19. The zero-order valence-electron chi connectivity index (χ0n) is 10.2. The molecule has 0 spiro atoms. The first kappa shape index (κ1) is 12.7. The quantitative estimate of drug-likeness (QED) is 0.792. The monoisotopic (exact) mass is 216 g/mol. The standard InChI is InChI=1S/C14H20N2/c1-3-5-12-7-9-13(10-8-12)14(16-2)6-4-11-15/h7-10,14,16H,3-6H2,1-2H3. The molecule has 0 aliphatic rings. The van der Waals surface area contributed by atoms with Crippen molar-refractivity contribution in [2.24, 2.45) is 0 Å². The highest BCUT2D eigenvalue weighted by atomic mass is 14.9. The molecule has 0 aliphatic carbocycles. The molecule has 2 heteroatoms. The zero-order valence-corrected chi connectivity index (χ0v) is 10.2. The Morgan fingerprint density at radius 2 is 2.00 bits per heavy atom. The van der Waals surface area contributed by atoms with Crippen molar-refractivity contribution in [3.63, 3.8) is 0 Å². The van der Waals surface area contributed by atoms with Crippen molar-refractivity contribution in [2.75, 3.05) is 7.05 Å². The van der Waals surface area contributed by atoms with Crippen LogP contribution in [-0.4, -0.2) is 7.05 Å². The van der Waals surface area contributed by atoms with E-state index in [4.69, 9.17) is 5.26 Å². The molecule has 0 saturated heterocycles. The topological polar surface area (TPSA) is 35.8 Å². The predicted molar refractivity (Wildman–Crippen MR) is 67.1 cm³/mol. The number of nitrogens with zero attached hydrogens (tertiary/aromatic N) is 1. The van der Waals surface area contributed by atoms with Crippen LogP contribution in [-0.2, 0) is 6.42 Å². The summed E-state index contributed by atoms with van der Waals surface area (Å²) in [5.41, 5.74) is 2.67. The van der Waals surface area contributed by atoms with Crippen LogP contribution in [0.15, 0.2) is 24.3 Å². The maximum absolute atomic E-state index is 8.59. The molecule has 0 amide bonds. The van der Waals surface area contributed by atoms with Crippen LogP contribution in [0.4, 0.5) is 0 Å². The van der Waals surface area contributed by atoms with Crippen LogP contribution in [0.3, 0.4) is 0 Å². The van der Waals surface area contributed by atoms with Gasteiger partial charge < -0.3 is 5.32 Å². The predicted octanol–water partition coefficient (Wildman–Crippen LogP) is 3.20. The normalized spacial score (nSPS) is 12.1. The summed E-state index contributed by atoms with van der Waals surface area (Å²) in [4.78, 5) is 0. The molecular weight excluding hydrogens is 196 g/mol. The van der Waals surface area contributed by atoms with Crippen LogP contribution in [0.2, 0.25) is 0 Å². The van der Waals surface area contributed by atoms with E-state index in [1.165, 1.54) is 17.5 Å². The van der Waals surface area contributed by atoms with Gasteiger partial charge in [0.1, 0.15) is 0 Å². The number of rotatable bonds is 6. The van der Waals surface area contributed by atoms with Gasteiger partial charge in [-0.2, -0.15) is 5.26 Å². The second-order valence-electron chi connectivity index (χ2n) is 4.03. The summed E-state index contributed by atoms with van der Waals surface area (Å²) in [5.74, 6) is 0. The van der Waals surface area contributed by atoms with Gasteiger partial charge in [-0.3, -0.25) is 0 Å². The van der Waals surface area contributed by atoms with Crippen LogP contribution >= 0.6 is 0 Å². The van der Waals surface area contributed by atoms with Crippen molar-refractivity contribution in [3.05, 3.63) is 35.4 Å². The summed E-state index contributed by atoms with van der Waals surface area (Å²) in [7, 11) is 1.95. The number of nitriles is 1. The number of nitrogens with one attached hydrogen (secondary N) is 1. The Morgan fingerprint density at radius 1 is 1.31 bits per heavy atom. The number of hydrogen-bond donors (Lipinski definition) is 1. The van der Waals surface area contributed by atoms with Crippen LogP contribution in [0.25, 0.3) is 0 Å². The minimum atomic E-state index is 0.301. The third kappa shape index (κ3) is 3.67. The zero-order chi connectivity index (χ0) is 11.8. The Hall–Kier alpha value is -1.33. The Labute approximate surface area is 98.3 Å². The highest BCUT2D eigenvalue weighted by Crippen LogP contribution is 2.18. The SMILES string of the molecule is CCCc1ccc(C(CCC#N)NC)cc1. The van der Waals surface area contributed by atoms with E-state index in [-0.39, 0.29) is 0 Å². The molecule has 0 radical (unpaired) electrons. The molecule has 1 unspecified atom stereocenters. The molecule has 0 saturated carbocycles. The Balaban J connectivity index is 2.67. The van der Waals surface area contributed by atoms with Crippen LogP contribution in [0.1, 0.15) is 43.4 Å². The molecule has 86 valence electrons. The molecule has 0 heterocycles. The third-order valence-corrected chi connectivity index (χ3v) is 2.81. The summed E-state index contributed by atoms with van der Waals surface area (Å²) < 4.78 is 0. The van der Waals surface area contributed by atoms with Crippen molar-refractivity contribution in [1.82, 2.24) is 5.32 Å². The first-order valence-corrected chi connectivity index (χ1v) is 5.94. The fourth-order valence-corrected chi connectivity index (χ4v) is 1.89. The maximum Gasteiger partial charge on any atom is 0.0622 e. The summed E-state index contributed by atoms with van der Waals surface area (Å²) in [6, 6.07) is 11.2. The van der Waals surface area contributed by atoms with E-state index >= 15 is 0 Å². The van der Waals surface area contributed by atoms with E-state index in [1.807, 2.05) is 7.05 Å². The highest BCUT2D eigenvalue weighted by molar-refractivity contribution is 5.25. The summed E-state index contributed by atoms with van der Waals surface area (Å²) >= 11 is 0. The molecule has 0 bridgehead atoms. The molecule has 0 fully saturated rings. The second-order valence-corrected chi connectivity index (χ2v) is 4.03. The largest absolute Gasteiger partial charge is 0.313 e. The number of benzene rings is 1. The highest BCUT2D eigenvalue weighted by Gasteiger charge is 2.07. The van der Waals surface area contributed by atoms with Crippen molar-refractivity contribution >= 4 is 0 Å². The fourth-order valence-electron chi connectivity index (χ4n) is 1.89. The van der Waals surface area contributed by atoms with Crippen LogP contribution in [0, 0.1) is 11.3 Å². The molecular formula is C14H20N2. The van der Waals surface area contributed by atoms with E-state index in [2.05, 4.69) is 42.6 Å². The van der Waals surface area contributed by atoms with E-state index in [0.29, 0.717) is 12.5 Å². The van der Waals surface area contributed by atoms with Gasteiger partial charge in [-0.25, -0.2) is 0 Å². The van der Waals surface area contributed by atoms with Gasteiger partial charge in [0.15, 0.2) is 0 Å². The number of hydrogen-bond acceptors (Lipinski definition) is 2. The van der Waals surface area contributed by atoms with Crippen molar-refractivity contribution < 1.29 is 0 Å². The molecule has 1 rings (SSSR count). The van der Waals surface area contributed by atoms with Crippen molar-refractivity contribution in [3.8, 4) is 6.07 Å². The first-order valence-electron chi connectivity index (χ1n) is 5.94.